The molecule has 1 aliphatic heterocycles. The zero-order valence-corrected chi connectivity index (χ0v) is 9.77. The largest absolute Gasteiger partial charge is 0.382 e. The summed E-state index contributed by atoms with van der Waals surface area (Å²) in [6.45, 7) is 3.23. The lowest BCUT2D eigenvalue weighted by molar-refractivity contribution is 0.373. The van der Waals surface area contributed by atoms with Crippen molar-refractivity contribution in [3.8, 4) is 0 Å². The molecule has 3 heterocycles. The number of hydrogen-bond donors (Lipinski definition) is 3. The van der Waals surface area contributed by atoms with Gasteiger partial charge in [-0.05, 0) is 26.3 Å². The van der Waals surface area contributed by atoms with Crippen molar-refractivity contribution in [2.45, 2.75) is 31.7 Å². The van der Waals surface area contributed by atoms with Crippen molar-refractivity contribution < 1.29 is 0 Å². The number of H-pyrrole nitrogens is 1. The van der Waals surface area contributed by atoms with Gasteiger partial charge in [-0.15, -0.1) is 0 Å². The lowest BCUT2D eigenvalue weighted by Crippen LogP contribution is -2.35. The van der Waals surface area contributed by atoms with E-state index >= 15 is 0 Å². The second kappa shape index (κ2) is 3.96. The Labute approximate surface area is 99.1 Å². The number of fused-ring (bicyclic) bond motifs is 1. The Bertz CT molecular complexity index is 534. The molecule has 0 aromatic carbocycles. The van der Waals surface area contributed by atoms with Crippen LogP contribution in [-0.4, -0.2) is 32.5 Å². The summed E-state index contributed by atoms with van der Waals surface area (Å²) in [5.74, 6) is 1.91. The van der Waals surface area contributed by atoms with Crippen molar-refractivity contribution >= 4 is 17.0 Å². The Morgan fingerprint density at radius 2 is 2.29 bits per heavy atom. The number of nitrogens with zero attached hydrogens (tertiary/aromatic N) is 3. The summed E-state index contributed by atoms with van der Waals surface area (Å²) in [4.78, 5) is 15.9. The summed E-state index contributed by atoms with van der Waals surface area (Å²) in [5.41, 5.74) is 7.22. The van der Waals surface area contributed by atoms with E-state index in [-0.39, 0.29) is 0 Å². The molecule has 0 spiro atoms. The van der Waals surface area contributed by atoms with Gasteiger partial charge in [0.15, 0.2) is 11.5 Å². The van der Waals surface area contributed by atoms with Crippen LogP contribution in [0.2, 0.25) is 0 Å². The van der Waals surface area contributed by atoms with Crippen molar-refractivity contribution in [3.05, 3.63) is 12.2 Å². The van der Waals surface area contributed by atoms with Gasteiger partial charge in [-0.2, -0.15) is 0 Å². The Hall–Kier alpha value is -1.69. The number of anilines is 1. The van der Waals surface area contributed by atoms with Crippen LogP contribution in [0, 0.1) is 0 Å². The van der Waals surface area contributed by atoms with Gasteiger partial charge in [-0.3, -0.25) is 0 Å². The van der Waals surface area contributed by atoms with Crippen LogP contribution in [0.15, 0.2) is 6.33 Å². The molecular formula is C11H16N6. The molecule has 0 aliphatic carbocycles. The first kappa shape index (κ1) is 10.5. The highest BCUT2D eigenvalue weighted by molar-refractivity contribution is 5.81. The summed E-state index contributed by atoms with van der Waals surface area (Å²) in [6.07, 6.45) is 3.64. The molecule has 2 aromatic heterocycles. The lowest BCUT2D eigenvalue weighted by Gasteiger charge is -2.26. The highest BCUT2D eigenvalue weighted by Gasteiger charge is 2.23. The first-order valence-corrected chi connectivity index (χ1v) is 5.93. The van der Waals surface area contributed by atoms with Crippen LogP contribution in [0.5, 0.6) is 0 Å². The van der Waals surface area contributed by atoms with E-state index < -0.39 is 0 Å². The average Bonchev–Trinajstić information content (AvgIpc) is 2.74. The minimum Gasteiger partial charge on any atom is -0.382 e. The molecule has 0 radical (unpaired) electrons. The minimum absolute atomic E-state index is 0.458. The Kier molecular flexibility index (Phi) is 2.44. The smallest absolute Gasteiger partial charge is 0.183 e. The number of imidazole rings is 1. The fourth-order valence-corrected chi connectivity index (χ4v) is 2.44. The highest BCUT2D eigenvalue weighted by Crippen LogP contribution is 2.27. The molecule has 2 aromatic rings. The molecular weight excluding hydrogens is 216 g/mol. The van der Waals surface area contributed by atoms with Gasteiger partial charge in [-0.25, -0.2) is 15.0 Å². The molecule has 6 nitrogen and oxygen atoms in total. The fraction of sp³-hybridized carbons (Fsp3) is 0.545. The van der Waals surface area contributed by atoms with Crippen molar-refractivity contribution in [2.75, 3.05) is 12.3 Å². The van der Waals surface area contributed by atoms with Gasteiger partial charge in [0.2, 0.25) is 0 Å². The van der Waals surface area contributed by atoms with Crippen LogP contribution in [-0.2, 0) is 0 Å². The van der Waals surface area contributed by atoms with E-state index in [1.807, 2.05) is 0 Å². The van der Waals surface area contributed by atoms with E-state index in [2.05, 4.69) is 32.2 Å². The molecule has 0 bridgehead atoms. The molecule has 90 valence electrons. The molecule has 2 atom stereocenters. The van der Waals surface area contributed by atoms with Crippen molar-refractivity contribution in [3.63, 3.8) is 0 Å². The number of nitrogens with one attached hydrogen (secondary N) is 2. The van der Waals surface area contributed by atoms with Crippen LogP contribution in [0.3, 0.4) is 0 Å². The van der Waals surface area contributed by atoms with E-state index in [1.54, 1.807) is 0 Å². The summed E-state index contributed by atoms with van der Waals surface area (Å²) in [5, 5.41) is 3.43. The number of piperidine rings is 1. The Balaban J connectivity index is 1.97. The maximum Gasteiger partial charge on any atom is 0.183 e. The maximum absolute atomic E-state index is 5.79. The third-order valence-corrected chi connectivity index (χ3v) is 3.35. The monoisotopic (exact) mass is 232 g/mol. The average molecular weight is 232 g/mol. The second-order valence-electron chi connectivity index (χ2n) is 4.66. The van der Waals surface area contributed by atoms with E-state index in [9.17, 15) is 0 Å². The summed E-state index contributed by atoms with van der Waals surface area (Å²) in [7, 11) is 0. The molecule has 6 heteroatoms. The fourth-order valence-electron chi connectivity index (χ4n) is 2.44. The number of rotatable bonds is 1. The number of aromatic amines is 1. The summed E-state index contributed by atoms with van der Waals surface area (Å²) in [6, 6.07) is 0.533. The normalized spacial score (nSPS) is 25.2. The van der Waals surface area contributed by atoms with Crippen molar-refractivity contribution in [2.24, 2.45) is 0 Å². The molecule has 3 rings (SSSR count). The standard InChI is InChI=1S/C11H16N6/c1-6-4-7(2-3-13-6)10-16-8-9(12)14-5-15-11(8)17-10/h5-7,13H,2-4H2,1H3,(H3,12,14,15,16,17). The number of nitrogens with two attached hydrogens (primary N) is 1. The van der Waals surface area contributed by atoms with Crippen LogP contribution >= 0.6 is 0 Å². The quantitative estimate of drug-likeness (QED) is 0.676. The zero-order valence-electron chi connectivity index (χ0n) is 9.77. The molecule has 4 N–H and O–H groups in total. The Morgan fingerprint density at radius 3 is 3.06 bits per heavy atom. The lowest BCUT2D eigenvalue weighted by atomic mass is 9.93. The van der Waals surface area contributed by atoms with Crippen LogP contribution in [0.25, 0.3) is 11.2 Å². The van der Waals surface area contributed by atoms with Gasteiger partial charge in [-0.1, -0.05) is 0 Å². The van der Waals surface area contributed by atoms with Crippen molar-refractivity contribution in [1.29, 1.82) is 0 Å². The number of nitrogen functional groups attached to an aromatic ring is 1. The van der Waals surface area contributed by atoms with Crippen LogP contribution < -0.4 is 11.1 Å². The first-order chi connectivity index (χ1) is 8.24. The number of hydrogen-bond acceptors (Lipinski definition) is 5. The maximum atomic E-state index is 5.79. The SMILES string of the molecule is CC1CC(c2nc3ncnc(N)c3[nH]2)CCN1. The summed E-state index contributed by atoms with van der Waals surface area (Å²) >= 11 is 0. The van der Waals surface area contributed by atoms with E-state index in [1.165, 1.54) is 6.33 Å². The molecule has 1 fully saturated rings. The molecule has 0 saturated carbocycles. The van der Waals surface area contributed by atoms with E-state index in [4.69, 9.17) is 5.73 Å². The van der Waals surface area contributed by atoms with Gasteiger partial charge >= 0.3 is 0 Å². The molecule has 0 amide bonds. The van der Waals surface area contributed by atoms with Crippen LogP contribution in [0.4, 0.5) is 5.82 Å². The minimum atomic E-state index is 0.458. The number of aromatic nitrogens is 4. The topological polar surface area (TPSA) is 92.5 Å². The van der Waals surface area contributed by atoms with Gasteiger partial charge in [0, 0.05) is 12.0 Å². The first-order valence-electron chi connectivity index (χ1n) is 5.93. The third-order valence-electron chi connectivity index (χ3n) is 3.35. The zero-order chi connectivity index (χ0) is 11.8. The van der Waals surface area contributed by atoms with Crippen molar-refractivity contribution in [1.82, 2.24) is 25.3 Å². The second-order valence-corrected chi connectivity index (χ2v) is 4.66. The highest BCUT2D eigenvalue weighted by atomic mass is 15.1. The van der Waals surface area contributed by atoms with Gasteiger partial charge in [0.05, 0.1) is 0 Å². The van der Waals surface area contributed by atoms with Gasteiger partial charge < -0.3 is 16.0 Å². The molecule has 1 aliphatic rings. The molecule has 2 unspecified atom stereocenters. The predicted octanol–water partition coefficient (Wildman–Crippen LogP) is 0.791. The van der Waals surface area contributed by atoms with Gasteiger partial charge in [0.25, 0.3) is 0 Å². The van der Waals surface area contributed by atoms with Crippen LogP contribution in [0.1, 0.15) is 31.5 Å². The summed E-state index contributed by atoms with van der Waals surface area (Å²) < 4.78 is 0. The molecule has 1 saturated heterocycles. The Morgan fingerprint density at radius 1 is 1.41 bits per heavy atom. The van der Waals surface area contributed by atoms with E-state index in [0.717, 1.165) is 30.7 Å². The van der Waals surface area contributed by atoms with E-state index in [0.29, 0.717) is 23.4 Å². The third kappa shape index (κ3) is 1.84. The molecule has 17 heavy (non-hydrogen) atoms. The predicted molar refractivity (Wildman–Crippen MR) is 65.5 cm³/mol. The van der Waals surface area contributed by atoms with Gasteiger partial charge in [0.1, 0.15) is 17.7 Å².